The molecule has 21 heavy (non-hydrogen) atoms. The van der Waals surface area contributed by atoms with Gasteiger partial charge in [-0.25, -0.2) is 4.79 Å². The van der Waals surface area contributed by atoms with Gasteiger partial charge in [0, 0.05) is 24.0 Å². The number of rotatable bonds is 6. The average Bonchev–Trinajstić information content (AvgIpc) is 2.50. The molecule has 0 saturated heterocycles. The normalized spacial score (nSPS) is 10.4. The van der Waals surface area contributed by atoms with E-state index in [9.17, 15) is 4.79 Å². The van der Waals surface area contributed by atoms with E-state index in [0.29, 0.717) is 19.0 Å². The molecule has 0 amide bonds. The van der Waals surface area contributed by atoms with Gasteiger partial charge in [-0.2, -0.15) is 0 Å². The van der Waals surface area contributed by atoms with E-state index in [4.69, 9.17) is 14.2 Å². The molecule has 0 aliphatic carbocycles. The first-order valence-electron chi connectivity index (χ1n) is 6.65. The van der Waals surface area contributed by atoms with Gasteiger partial charge in [0.2, 0.25) is 0 Å². The number of carbonyl (C=O) groups excluding carboxylic acids is 1. The summed E-state index contributed by atoms with van der Waals surface area (Å²) in [6, 6.07) is 9.51. The van der Waals surface area contributed by atoms with Crippen LogP contribution in [0, 0.1) is 6.92 Å². The van der Waals surface area contributed by atoms with Gasteiger partial charge in [-0.15, -0.1) is 0 Å². The fraction of sp³-hybridized carbons (Fsp3) is 0.235. The number of esters is 1. The summed E-state index contributed by atoms with van der Waals surface area (Å²) < 4.78 is 16.1. The molecule has 0 saturated carbocycles. The Hall–Kier alpha value is -2.33. The topological polar surface area (TPSA) is 44.8 Å². The van der Waals surface area contributed by atoms with E-state index in [0.717, 1.165) is 28.2 Å². The van der Waals surface area contributed by atoms with E-state index in [1.165, 1.54) is 0 Å². The zero-order valence-electron chi connectivity index (χ0n) is 12.2. The van der Waals surface area contributed by atoms with Gasteiger partial charge in [0.1, 0.15) is 18.1 Å². The van der Waals surface area contributed by atoms with Crippen LogP contribution in [0.5, 0.6) is 11.5 Å². The number of carbonyl (C=O) groups is 1. The largest absolute Gasteiger partial charge is 0.491 e. The van der Waals surface area contributed by atoms with Crippen molar-refractivity contribution in [3.8, 4) is 11.5 Å². The summed E-state index contributed by atoms with van der Waals surface area (Å²) in [6.45, 7) is 6.28. The van der Waals surface area contributed by atoms with Crippen molar-refractivity contribution in [2.45, 2.75) is 6.92 Å². The summed E-state index contributed by atoms with van der Waals surface area (Å²) in [6.07, 6.45) is 1.15. The van der Waals surface area contributed by atoms with Crippen LogP contribution in [0.2, 0.25) is 0 Å². The summed E-state index contributed by atoms with van der Waals surface area (Å²) in [5, 5.41) is 1.73. The van der Waals surface area contributed by atoms with E-state index in [2.05, 4.69) is 6.58 Å². The lowest BCUT2D eigenvalue weighted by Crippen LogP contribution is -2.07. The van der Waals surface area contributed by atoms with Crippen LogP contribution in [-0.4, -0.2) is 26.3 Å². The summed E-state index contributed by atoms with van der Waals surface area (Å²) in [5.41, 5.74) is 0.830. The molecule has 2 aromatic carbocycles. The average molecular weight is 286 g/mol. The van der Waals surface area contributed by atoms with Gasteiger partial charge >= 0.3 is 5.97 Å². The van der Waals surface area contributed by atoms with Crippen LogP contribution in [0.25, 0.3) is 10.8 Å². The highest BCUT2D eigenvalue weighted by Gasteiger charge is 2.13. The zero-order chi connectivity index (χ0) is 15.2. The lowest BCUT2D eigenvalue weighted by atomic mass is 10.0. The lowest BCUT2D eigenvalue weighted by Gasteiger charge is -2.14. The molecule has 0 unspecified atom stereocenters. The van der Waals surface area contributed by atoms with Crippen LogP contribution in [0.1, 0.15) is 5.56 Å². The highest BCUT2D eigenvalue weighted by Crippen LogP contribution is 2.36. The second kappa shape index (κ2) is 6.90. The second-order valence-corrected chi connectivity index (χ2v) is 4.53. The monoisotopic (exact) mass is 286 g/mol. The molecule has 4 nitrogen and oxygen atoms in total. The minimum Gasteiger partial charge on any atom is -0.491 e. The van der Waals surface area contributed by atoms with Crippen LogP contribution in [0.15, 0.2) is 43.0 Å². The molecule has 0 radical (unpaired) electrons. The van der Waals surface area contributed by atoms with Crippen molar-refractivity contribution in [3.05, 3.63) is 48.6 Å². The van der Waals surface area contributed by atoms with Gasteiger partial charge in [0.05, 0.1) is 6.61 Å². The van der Waals surface area contributed by atoms with Crippen molar-refractivity contribution in [3.63, 3.8) is 0 Å². The third kappa shape index (κ3) is 3.41. The Morgan fingerprint density at radius 1 is 1.24 bits per heavy atom. The SMILES string of the molecule is C=CC(=O)Oc1c(C)cc(OCCOC)c2ccccc12. The van der Waals surface area contributed by atoms with Crippen molar-refractivity contribution < 1.29 is 19.0 Å². The molecule has 0 spiro atoms. The fourth-order valence-corrected chi connectivity index (χ4v) is 2.08. The molecule has 0 atom stereocenters. The standard InChI is InChI=1S/C17H18O4/c1-4-16(18)21-17-12(2)11-15(20-10-9-19-3)13-7-5-6-8-14(13)17/h4-8,11H,1,9-10H2,2-3H3. The van der Waals surface area contributed by atoms with Gasteiger partial charge in [0.15, 0.2) is 0 Å². The third-order valence-corrected chi connectivity index (χ3v) is 3.06. The Morgan fingerprint density at radius 3 is 2.62 bits per heavy atom. The molecule has 110 valence electrons. The first-order chi connectivity index (χ1) is 10.2. The minimum absolute atomic E-state index is 0.464. The highest BCUT2D eigenvalue weighted by atomic mass is 16.5. The number of ether oxygens (including phenoxy) is 3. The van der Waals surface area contributed by atoms with Crippen molar-refractivity contribution in [2.75, 3.05) is 20.3 Å². The summed E-state index contributed by atoms with van der Waals surface area (Å²) in [4.78, 5) is 11.5. The molecule has 0 N–H and O–H groups in total. The van der Waals surface area contributed by atoms with Gasteiger partial charge in [-0.3, -0.25) is 0 Å². The zero-order valence-corrected chi connectivity index (χ0v) is 12.2. The maximum Gasteiger partial charge on any atom is 0.335 e. The van der Waals surface area contributed by atoms with E-state index in [1.54, 1.807) is 7.11 Å². The summed E-state index contributed by atoms with van der Waals surface area (Å²) in [5.74, 6) is 0.810. The molecule has 0 aliphatic rings. The molecular weight excluding hydrogens is 268 g/mol. The van der Waals surface area contributed by atoms with E-state index in [1.807, 2.05) is 37.3 Å². The van der Waals surface area contributed by atoms with Crippen LogP contribution in [-0.2, 0) is 9.53 Å². The predicted octanol–water partition coefficient (Wildman–Crippen LogP) is 3.26. The molecular formula is C17H18O4. The molecule has 0 fully saturated rings. The van der Waals surface area contributed by atoms with Crippen LogP contribution >= 0.6 is 0 Å². The van der Waals surface area contributed by atoms with Crippen molar-refractivity contribution in [1.29, 1.82) is 0 Å². The second-order valence-electron chi connectivity index (χ2n) is 4.53. The first kappa shape index (κ1) is 15.1. The predicted molar refractivity (Wildman–Crippen MR) is 81.9 cm³/mol. The van der Waals surface area contributed by atoms with Crippen molar-refractivity contribution >= 4 is 16.7 Å². The molecule has 0 bridgehead atoms. The highest BCUT2D eigenvalue weighted by molar-refractivity contribution is 5.97. The summed E-state index contributed by atoms with van der Waals surface area (Å²) >= 11 is 0. The minimum atomic E-state index is -0.476. The third-order valence-electron chi connectivity index (χ3n) is 3.06. The Labute approximate surface area is 123 Å². The number of methoxy groups -OCH3 is 1. The van der Waals surface area contributed by atoms with Crippen molar-refractivity contribution in [1.82, 2.24) is 0 Å². The Kier molecular flexibility index (Phi) is 4.95. The number of hydrogen-bond donors (Lipinski definition) is 0. The molecule has 4 heteroatoms. The van der Waals surface area contributed by atoms with Gasteiger partial charge in [-0.1, -0.05) is 30.8 Å². The summed E-state index contributed by atoms with van der Waals surface area (Å²) in [7, 11) is 1.63. The first-order valence-corrected chi connectivity index (χ1v) is 6.65. The fourth-order valence-electron chi connectivity index (χ4n) is 2.08. The molecule has 0 heterocycles. The maximum atomic E-state index is 11.5. The van der Waals surface area contributed by atoms with E-state index in [-0.39, 0.29) is 0 Å². The van der Waals surface area contributed by atoms with E-state index >= 15 is 0 Å². The van der Waals surface area contributed by atoms with Gasteiger partial charge < -0.3 is 14.2 Å². The molecule has 0 aromatic heterocycles. The quantitative estimate of drug-likeness (QED) is 0.354. The smallest absolute Gasteiger partial charge is 0.335 e. The maximum absolute atomic E-state index is 11.5. The number of fused-ring (bicyclic) bond motifs is 1. The van der Waals surface area contributed by atoms with Gasteiger partial charge in [-0.05, 0) is 18.6 Å². The van der Waals surface area contributed by atoms with Crippen molar-refractivity contribution in [2.24, 2.45) is 0 Å². The Bertz CT molecular complexity index is 661. The lowest BCUT2D eigenvalue weighted by molar-refractivity contribution is -0.128. The number of benzene rings is 2. The molecule has 0 aliphatic heterocycles. The number of aryl methyl sites for hydroxylation is 1. The Morgan fingerprint density at radius 2 is 1.95 bits per heavy atom. The van der Waals surface area contributed by atoms with Crippen LogP contribution in [0.4, 0.5) is 0 Å². The van der Waals surface area contributed by atoms with Crippen LogP contribution in [0.3, 0.4) is 0 Å². The van der Waals surface area contributed by atoms with Crippen LogP contribution < -0.4 is 9.47 Å². The Balaban J connectivity index is 2.47. The van der Waals surface area contributed by atoms with E-state index < -0.39 is 5.97 Å². The molecule has 2 aromatic rings. The number of hydrogen-bond acceptors (Lipinski definition) is 4. The van der Waals surface area contributed by atoms with Gasteiger partial charge in [0.25, 0.3) is 0 Å². The molecule has 2 rings (SSSR count).